The number of hydrogen-bond acceptors (Lipinski definition) is 4. The van der Waals surface area contributed by atoms with E-state index >= 15 is 0 Å². The van der Waals surface area contributed by atoms with Gasteiger partial charge in [-0.15, -0.1) is 11.6 Å². The minimum atomic E-state index is 0.238. The van der Waals surface area contributed by atoms with Gasteiger partial charge in [-0.25, -0.2) is 0 Å². The summed E-state index contributed by atoms with van der Waals surface area (Å²) in [7, 11) is 1.93. The molecule has 3 aromatic rings. The van der Waals surface area contributed by atoms with Gasteiger partial charge in [0.05, 0.1) is 13.2 Å². The summed E-state index contributed by atoms with van der Waals surface area (Å²) in [6, 6.07) is 25.7. The van der Waals surface area contributed by atoms with E-state index in [0.717, 1.165) is 40.0 Å². The zero-order valence-electron chi connectivity index (χ0n) is 19.8. The Kier molecular flexibility index (Phi) is 9.48. The van der Waals surface area contributed by atoms with E-state index in [4.69, 9.17) is 21.1 Å². The molecule has 0 amide bonds. The third kappa shape index (κ3) is 6.82. The number of phenols is 1. The van der Waals surface area contributed by atoms with Gasteiger partial charge in [0, 0.05) is 12.9 Å². The van der Waals surface area contributed by atoms with Gasteiger partial charge in [-0.3, -0.25) is 0 Å². The number of hydrogen-bond donors (Lipinski definition) is 1. The molecule has 0 bridgehead atoms. The van der Waals surface area contributed by atoms with Crippen molar-refractivity contribution in [3.63, 3.8) is 0 Å². The molecule has 0 unspecified atom stereocenters. The molecule has 0 fully saturated rings. The molecular weight excluding hydrogens is 446 g/mol. The predicted octanol–water partition coefficient (Wildman–Crippen LogP) is 6.80. The van der Waals surface area contributed by atoms with Crippen LogP contribution in [0.1, 0.15) is 30.0 Å². The number of ether oxygens (including phenoxy) is 2. The number of rotatable bonds is 12. The fourth-order valence-corrected chi connectivity index (χ4v) is 3.90. The average molecular weight is 478 g/mol. The van der Waals surface area contributed by atoms with Crippen molar-refractivity contribution in [2.75, 3.05) is 32.7 Å². The van der Waals surface area contributed by atoms with Gasteiger partial charge in [-0.05, 0) is 72.0 Å². The van der Waals surface area contributed by atoms with Gasteiger partial charge in [0.1, 0.15) is 18.1 Å². The Balaban J connectivity index is 1.88. The zero-order valence-corrected chi connectivity index (χ0v) is 20.6. The van der Waals surface area contributed by atoms with Crippen molar-refractivity contribution in [1.29, 1.82) is 0 Å². The van der Waals surface area contributed by atoms with Gasteiger partial charge in [-0.1, -0.05) is 54.6 Å². The summed E-state index contributed by atoms with van der Waals surface area (Å²) in [5.74, 6) is 2.18. The highest BCUT2D eigenvalue weighted by Crippen LogP contribution is 2.35. The van der Waals surface area contributed by atoms with E-state index in [1.54, 1.807) is 12.1 Å². The van der Waals surface area contributed by atoms with E-state index in [0.29, 0.717) is 31.5 Å². The van der Waals surface area contributed by atoms with Crippen LogP contribution in [0.15, 0.2) is 91.3 Å². The second-order valence-electron chi connectivity index (χ2n) is 7.83. The van der Waals surface area contributed by atoms with Crippen molar-refractivity contribution in [2.24, 2.45) is 0 Å². The Morgan fingerprint density at radius 2 is 1.53 bits per heavy atom. The van der Waals surface area contributed by atoms with Crippen LogP contribution >= 0.6 is 11.6 Å². The van der Waals surface area contributed by atoms with E-state index in [1.165, 1.54) is 0 Å². The quantitative estimate of drug-likeness (QED) is 0.177. The predicted molar refractivity (Wildman–Crippen MR) is 141 cm³/mol. The standard InChI is InChI=1S/C29H32ClNO3/c1-4-33-22(2)31(3)20-21-34-27-16-12-25(13-17-27)29(24-10-14-26(32)15-11-24)28(18-19-30)23-8-6-5-7-9-23/h5-17,32H,2,4,18-21H2,1,3H3/b29-28-. The van der Waals surface area contributed by atoms with E-state index in [-0.39, 0.29) is 5.75 Å². The molecule has 0 radical (unpaired) electrons. The van der Waals surface area contributed by atoms with Crippen molar-refractivity contribution in [1.82, 2.24) is 4.90 Å². The lowest BCUT2D eigenvalue weighted by Gasteiger charge is -2.21. The number of alkyl halides is 1. The zero-order chi connectivity index (χ0) is 24.3. The number of aromatic hydroxyl groups is 1. The SMILES string of the molecule is C=C(OCC)N(C)CCOc1ccc(/C(=C(/CCCl)c2ccccc2)c2ccc(O)cc2)cc1. The number of benzene rings is 3. The molecule has 0 spiro atoms. The third-order valence-corrected chi connectivity index (χ3v) is 5.69. The lowest BCUT2D eigenvalue weighted by molar-refractivity contribution is 0.127. The van der Waals surface area contributed by atoms with Crippen LogP contribution < -0.4 is 4.74 Å². The largest absolute Gasteiger partial charge is 0.508 e. The molecule has 0 aliphatic heterocycles. The highest BCUT2D eigenvalue weighted by Gasteiger charge is 2.14. The normalized spacial score (nSPS) is 11.5. The Morgan fingerprint density at radius 1 is 0.912 bits per heavy atom. The summed E-state index contributed by atoms with van der Waals surface area (Å²) in [6.45, 7) is 7.63. The summed E-state index contributed by atoms with van der Waals surface area (Å²) >= 11 is 6.23. The maximum Gasteiger partial charge on any atom is 0.181 e. The molecule has 1 N–H and O–H groups in total. The highest BCUT2D eigenvalue weighted by molar-refractivity contribution is 6.18. The lowest BCUT2D eigenvalue weighted by atomic mass is 9.88. The van der Waals surface area contributed by atoms with Crippen LogP contribution in [0, 0.1) is 0 Å². The van der Waals surface area contributed by atoms with Gasteiger partial charge >= 0.3 is 0 Å². The van der Waals surface area contributed by atoms with Crippen molar-refractivity contribution >= 4 is 22.7 Å². The van der Waals surface area contributed by atoms with E-state index in [9.17, 15) is 5.11 Å². The van der Waals surface area contributed by atoms with Crippen molar-refractivity contribution in [3.05, 3.63) is 108 Å². The third-order valence-electron chi connectivity index (χ3n) is 5.50. The number of halogens is 1. The Hall–Kier alpha value is -3.37. The molecule has 0 aliphatic carbocycles. The summed E-state index contributed by atoms with van der Waals surface area (Å²) < 4.78 is 11.4. The smallest absolute Gasteiger partial charge is 0.181 e. The lowest BCUT2D eigenvalue weighted by Crippen LogP contribution is -2.24. The number of phenolic OH excluding ortho intramolecular Hbond substituents is 1. The first-order valence-corrected chi connectivity index (χ1v) is 12.0. The van der Waals surface area contributed by atoms with E-state index in [2.05, 4.69) is 30.8 Å². The molecule has 0 saturated heterocycles. The molecule has 0 atom stereocenters. The van der Waals surface area contributed by atoms with Crippen LogP contribution in [0.2, 0.25) is 0 Å². The summed E-state index contributed by atoms with van der Waals surface area (Å²) in [6.07, 6.45) is 0.718. The minimum Gasteiger partial charge on any atom is -0.508 e. The first-order valence-electron chi connectivity index (χ1n) is 11.4. The van der Waals surface area contributed by atoms with Crippen LogP contribution in [0.5, 0.6) is 11.5 Å². The molecule has 5 heteroatoms. The monoisotopic (exact) mass is 477 g/mol. The Labute approximate surface area is 207 Å². The Morgan fingerprint density at radius 3 is 2.12 bits per heavy atom. The van der Waals surface area contributed by atoms with Crippen LogP contribution in [-0.2, 0) is 4.74 Å². The molecule has 178 valence electrons. The van der Waals surface area contributed by atoms with E-state index in [1.807, 2.05) is 61.3 Å². The second kappa shape index (κ2) is 12.8. The minimum absolute atomic E-state index is 0.238. The van der Waals surface area contributed by atoms with Crippen LogP contribution in [0.4, 0.5) is 0 Å². The molecule has 3 aromatic carbocycles. The second-order valence-corrected chi connectivity index (χ2v) is 8.20. The van der Waals surface area contributed by atoms with Crippen LogP contribution in [0.25, 0.3) is 11.1 Å². The molecule has 3 rings (SSSR count). The summed E-state index contributed by atoms with van der Waals surface area (Å²) in [5, 5.41) is 9.82. The van der Waals surface area contributed by atoms with E-state index < -0.39 is 0 Å². The maximum atomic E-state index is 9.82. The molecular formula is C29H32ClNO3. The van der Waals surface area contributed by atoms with Gasteiger partial charge in [0.2, 0.25) is 0 Å². The molecule has 0 aromatic heterocycles. The summed E-state index contributed by atoms with van der Waals surface area (Å²) in [5.41, 5.74) is 5.46. The van der Waals surface area contributed by atoms with Crippen molar-refractivity contribution in [3.8, 4) is 11.5 Å². The topological polar surface area (TPSA) is 41.9 Å². The van der Waals surface area contributed by atoms with Crippen LogP contribution in [0.3, 0.4) is 0 Å². The number of nitrogens with zero attached hydrogens (tertiary/aromatic N) is 1. The molecule has 0 saturated carbocycles. The molecule has 4 nitrogen and oxygen atoms in total. The fraction of sp³-hybridized carbons (Fsp3) is 0.241. The molecule has 34 heavy (non-hydrogen) atoms. The fourth-order valence-electron chi connectivity index (χ4n) is 3.71. The first kappa shape index (κ1) is 25.3. The average Bonchev–Trinajstić information content (AvgIpc) is 2.86. The van der Waals surface area contributed by atoms with Gasteiger partial charge in [0.15, 0.2) is 5.88 Å². The van der Waals surface area contributed by atoms with Gasteiger partial charge < -0.3 is 19.5 Å². The molecule has 0 heterocycles. The number of allylic oxidation sites excluding steroid dienone is 1. The van der Waals surface area contributed by atoms with Crippen molar-refractivity contribution in [2.45, 2.75) is 13.3 Å². The van der Waals surface area contributed by atoms with Crippen molar-refractivity contribution < 1.29 is 14.6 Å². The van der Waals surface area contributed by atoms with Gasteiger partial charge in [0.25, 0.3) is 0 Å². The van der Waals surface area contributed by atoms with Crippen LogP contribution in [-0.4, -0.2) is 42.7 Å². The number of likely N-dealkylation sites (N-methyl/N-ethyl adjacent to an activating group) is 1. The molecule has 0 aliphatic rings. The summed E-state index contributed by atoms with van der Waals surface area (Å²) in [4.78, 5) is 1.93. The first-order chi connectivity index (χ1) is 16.5. The Bertz CT molecular complexity index is 1080. The highest BCUT2D eigenvalue weighted by atomic mass is 35.5. The maximum absolute atomic E-state index is 9.82. The van der Waals surface area contributed by atoms with Gasteiger partial charge in [-0.2, -0.15) is 0 Å².